The van der Waals surface area contributed by atoms with Crippen LogP contribution >= 0.6 is 22.6 Å². The van der Waals surface area contributed by atoms with E-state index in [0.717, 1.165) is 0 Å². The molecule has 2 rings (SSSR count). The van der Waals surface area contributed by atoms with Gasteiger partial charge in [-0.15, -0.1) is 0 Å². The van der Waals surface area contributed by atoms with E-state index in [1.165, 1.54) is 14.2 Å². The molecule has 2 fully saturated rings. The van der Waals surface area contributed by atoms with Crippen molar-refractivity contribution < 1.29 is 42.9 Å². The molecule has 26 heavy (non-hydrogen) atoms. The van der Waals surface area contributed by atoms with Gasteiger partial charge in [-0.3, -0.25) is 9.59 Å². The summed E-state index contributed by atoms with van der Waals surface area (Å²) in [4.78, 5) is 47.1. The summed E-state index contributed by atoms with van der Waals surface area (Å²) >= 11 is 1.92. The first-order chi connectivity index (χ1) is 12.4. The maximum absolute atomic E-state index is 12.1. The number of alkyl halides is 1. The lowest BCUT2D eigenvalue weighted by Crippen LogP contribution is -2.52. The molecule has 7 unspecified atom stereocenters. The van der Waals surface area contributed by atoms with Crippen LogP contribution in [-0.4, -0.2) is 73.4 Å². The Morgan fingerprint density at radius 2 is 1.88 bits per heavy atom. The van der Waals surface area contributed by atoms with E-state index in [-0.39, 0.29) is 3.92 Å². The Bertz CT molecular complexity index is 566. The van der Waals surface area contributed by atoms with Crippen LogP contribution in [0.3, 0.4) is 0 Å². The summed E-state index contributed by atoms with van der Waals surface area (Å²) < 4.78 is 25.6. The average Bonchev–Trinajstić information content (AvgIpc) is 3.19. The number of hydrogen-bond acceptors (Lipinski definition) is 9. The molecule has 0 saturated carbocycles. The summed E-state index contributed by atoms with van der Waals surface area (Å²) in [6, 6.07) is 0. The van der Waals surface area contributed by atoms with Crippen molar-refractivity contribution in [2.45, 2.75) is 41.7 Å². The van der Waals surface area contributed by atoms with E-state index in [2.05, 4.69) is 0 Å². The summed E-state index contributed by atoms with van der Waals surface area (Å²) in [5, 5.41) is 0. The van der Waals surface area contributed by atoms with Crippen LogP contribution in [0, 0.1) is 11.8 Å². The molecule has 2 aliphatic heterocycles. The maximum atomic E-state index is 12.1. The third-order valence-electron chi connectivity index (χ3n) is 4.55. The van der Waals surface area contributed by atoms with E-state index in [0.29, 0.717) is 12.7 Å². The fourth-order valence-corrected chi connectivity index (χ4v) is 3.48. The zero-order valence-corrected chi connectivity index (χ0v) is 16.7. The van der Waals surface area contributed by atoms with Gasteiger partial charge >= 0.3 is 17.9 Å². The Morgan fingerprint density at radius 3 is 2.42 bits per heavy atom. The van der Waals surface area contributed by atoms with Crippen molar-refractivity contribution in [3.63, 3.8) is 0 Å². The van der Waals surface area contributed by atoms with Crippen LogP contribution in [0.25, 0.3) is 0 Å². The zero-order chi connectivity index (χ0) is 19.4. The molecule has 0 aromatic heterocycles. The normalized spacial score (nSPS) is 33.4. The van der Waals surface area contributed by atoms with Crippen LogP contribution in [0.1, 0.15) is 13.3 Å². The highest BCUT2D eigenvalue weighted by atomic mass is 127. The predicted octanol–water partition coefficient (Wildman–Crippen LogP) is 0.0553. The molecule has 2 aliphatic rings. The first kappa shape index (κ1) is 21.0. The van der Waals surface area contributed by atoms with Gasteiger partial charge in [-0.1, -0.05) is 29.5 Å². The first-order valence-electron chi connectivity index (χ1n) is 8.11. The highest BCUT2D eigenvalue weighted by Gasteiger charge is 2.64. The lowest BCUT2D eigenvalue weighted by Gasteiger charge is -2.33. The van der Waals surface area contributed by atoms with Crippen molar-refractivity contribution in [3.8, 4) is 0 Å². The molecule has 0 amide bonds. The van der Waals surface area contributed by atoms with Gasteiger partial charge in [0.15, 0.2) is 12.7 Å². The highest BCUT2D eigenvalue weighted by Crippen LogP contribution is 2.45. The standard InChI is InChI=1S/C16H21IO9/c1-4-8(17)15(20)24-6-9(19)25-14-12-10(16(21)23-3)7(5-18)11(26-12)13(14)22-2/h5,7-8,10-14H,4,6H2,1-3H3. The molecule has 2 saturated heterocycles. The third kappa shape index (κ3) is 4.01. The molecule has 2 heterocycles. The Labute approximate surface area is 164 Å². The van der Waals surface area contributed by atoms with Crippen LogP contribution in [0.2, 0.25) is 0 Å². The Hall–Kier alpha value is -1.27. The maximum Gasteiger partial charge on any atom is 0.344 e. The fraction of sp³-hybridized carbons (Fsp3) is 0.750. The van der Waals surface area contributed by atoms with E-state index < -0.39 is 60.8 Å². The van der Waals surface area contributed by atoms with Gasteiger partial charge < -0.3 is 28.5 Å². The van der Waals surface area contributed by atoms with Gasteiger partial charge in [0.05, 0.1) is 25.0 Å². The molecule has 7 atom stereocenters. The molecule has 0 aromatic rings. The zero-order valence-electron chi connectivity index (χ0n) is 14.6. The van der Waals surface area contributed by atoms with Gasteiger partial charge in [0.25, 0.3) is 0 Å². The monoisotopic (exact) mass is 484 g/mol. The average molecular weight is 484 g/mol. The number of ether oxygens (including phenoxy) is 5. The molecular formula is C16H21IO9. The van der Waals surface area contributed by atoms with Crippen LogP contribution < -0.4 is 0 Å². The molecule has 0 N–H and O–H groups in total. The summed E-state index contributed by atoms with van der Waals surface area (Å²) in [7, 11) is 2.60. The molecule has 0 radical (unpaired) electrons. The number of methoxy groups -OCH3 is 2. The smallest absolute Gasteiger partial charge is 0.344 e. The van der Waals surface area contributed by atoms with Gasteiger partial charge in [0, 0.05) is 7.11 Å². The number of rotatable bonds is 8. The molecule has 146 valence electrons. The van der Waals surface area contributed by atoms with Crippen LogP contribution in [-0.2, 0) is 42.9 Å². The topological polar surface area (TPSA) is 114 Å². The number of esters is 3. The Balaban J connectivity index is 2.04. The third-order valence-corrected chi connectivity index (χ3v) is 5.94. The van der Waals surface area contributed by atoms with Crippen molar-refractivity contribution in [2.75, 3.05) is 20.8 Å². The number of carbonyl (C=O) groups is 4. The second-order valence-corrected chi connectivity index (χ2v) is 7.47. The van der Waals surface area contributed by atoms with Crippen molar-refractivity contribution in [3.05, 3.63) is 0 Å². The largest absolute Gasteiger partial charge is 0.469 e. The van der Waals surface area contributed by atoms with Crippen molar-refractivity contribution in [1.29, 1.82) is 0 Å². The Morgan fingerprint density at radius 1 is 1.19 bits per heavy atom. The lowest BCUT2D eigenvalue weighted by atomic mass is 9.77. The van der Waals surface area contributed by atoms with Gasteiger partial charge in [0.2, 0.25) is 0 Å². The Kier molecular flexibility index (Phi) is 7.35. The molecule has 10 heteroatoms. The quantitative estimate of drug-likeness (QED) is 0.155. The highest BCUT2D eigenvalue weighted by molar-refractivity contribution is 14.1. The molecular weight excluding hydrogens is 463 g/mol. The van der Waals surface area contributed by atoms with E-state index in [1.54, 1.807) is 0 Å². The second kappa shape index (κ2) is 9.09. The molecule has 0 aliphatic carbocycles. The van der Waals surface area contributed by atoms with Crippen LogP contribution in [0.15, 0.2) is 0 Å². The SMILES string of the molecule is CCC(I)C(=O)OCC(=O)OC1C(OC)C2OC1C(C(=O)OC)C2C=O. The molecule has 2 bridgehead atoms. The molecule has 9 nitrogen and oxygen atoms in total. The van der Waals surface area contributed by atoms with Gasteiger partial charge in [-0.2, -0.15) is 0 Å². The van der Waals surface area contributed by atoms with Crippen molar-refractivity contribution >= 4 is 46.8 Å². The second-order valence-electron chi connectivity index (χ2n) is 5.97. The van der Waals surface area contributed by atoms with Crippen LogP contribution in [0.4, 0.5) is 0 Å². The summed E-state index contributed by atoms with van der Waals surface area (Å²) in [5.74, 6) is -3.53. The number of fused-ring (bicyclic) bond motifs is 2. The van der Waals surface area contributed by atoms with E-state index >= 15 is 0 Å². The number of hydrogen-bond donors (Lipinski definition) is 0. The minimum atomic E-state index is -0.905. The minimum absolute atomic E-state index is 0.352. The lowest BCUT2D eigenvalue weighted by molar-refractivity contribution is -0.173. The predicted molar refractivity (Wildman–Crippen MR) is 93.5 cm³/mol. The van der Waals surface area contributed by atoms with E-state index in [9.17, 15) is 19.2 Å². The summed E-state index contributed by atoms with van der Waals surface area (Å²) in [5.41, 5.74) is 0. The number of aldehydes is 1. The molecule has 0 aromatic carbocycles. The number of carbonyl (C=O) groups excluding carboxylic acids is 4. The fourth-order valence-electron chi connectivity index (χ4n) is 3.30. The van der Waals surface area contributed by atoms with Crippen molar-refractivity contribution in [2.24, 2.45) is 11.8 Å². The van der Waals surface area contributed by atoms with Crippen LogP contribution in [0.5, 0.6) is 0 Å². The summed E-state index contributed by atoms with van der Waals surface area (Å²) in [6.45, 7) is 1.27. The minimum Gasteiger partial charge on any atom is -0.469 e. The molecule has 0 spiro atoms. The van der Waals surface area contributed by atoms with Gasteiger partial charge in [-0.25, -0.2) is 4.79 Å². The summed E-state index contributed by atoms with van der Waals surface area (Å²) in [6.07, 6.45) is -1.98. The number of halogens is 1. The van der Waals surface area contributed by atoms with E-state index in [4.69, 9.17) is 23.7 Å². The van der Waals surface area contributed by atoms with Crippen molar-refractivity contribution in [1.82, 2.24) is 0 Å². The first-order valence-corrected chi connectivity index (χ1v) is 9.35. The van der Waals surface area contributed by atoms with E-state index in [1.807, 2.05) is 29.5 Å². The van der Waals surface area contributed by atoms with Gasteiger partial charge in [0.1, 0.15) is 22.4 Å². The van der Waals surface area contributed by atoms with Gasteiger partial charge in [-0.05, 0) is 6.42 Å².